The molecule has 0 spiro atoms. The number of hydrogen-bond acceptors (Lipinski definition) is 6. The van der Waals surface area contributed by atoms with Crippen LogP contribution in [0.15, 0.2) is 68.6 Å². The van der Waals surface area contributed by atoms with Crippen molar-refractivity contribution >= 4 is 33.7 Å². The van der Waals surface area contributed by atoms with Gasteiger partial charge in [-0.15, -0.1) is 0 Å². The van der Waals surface area contributed by atoms with E-state index in [4.69, 9.17) is 4.42 Å². The zero-order valence-electron chi connectivity index (χ0n) is 13.6. The molecule has 0 unspecified atom stereocenters. The van der Waals surface area contributed by atoms with Crippen molar-refractivity contribution in [2.75, 3.05) is 0 Å². The van der Waals surface area contributed by atoms with Crippen LogP contribution in [0.3, 0.4) is 0 Å². The summed E-state index contributed by atoms with van der Waals surface area (Å²) >= 11 is 3.29. The summed E-state index contributed by atoms with van der Waals surface area (Å²) in [7, 11) is 0. The fraction of sp³-hybridized carbons (Fsp3) is 0. The van der Waals surface area contributed by atoms with Crippen molar-refractivity contribution in [3.05, 3.63) is 80.5 Å². The fourth-order valence-electron chi connectivity index (χ4n) is 2.26. The van der Waals surface area contributed by atoms with E-state index in [1.807, 2.05) is 0 Å². The highest BCUT2D eigenvalue weighted by molar-refractivity contribution is 9.10. The van der Waals surface area contributed by atoms with E-state index in [0.717, 1.165) is 0 Å². The average Bonchev–Trinajstić information content (AvgIpc) is 3.10. The molecule has 1 amide bonds. The number of phenolic OH excluding ortho intramolecular Hbond substituents is 1. The van der Waals surface area contributed by atoms with Crippen LogP contribution in [-0.4, -0.2) is 22.2 Å². The molecule has 3 rings (SSSR count). The largest absolute Gasteiger partial charge is 0.507 e. The van der Waals surface area contributed by atoms with Gasteiger partial charge in [0.05, 0.1) is 16.7 Å². The second-order valence-electron chi connectivity index (χ2n) is 5.34. The van der Waals surface area contributed by atoms with Gasteiger partial charge in [0, 0.05) is 22.2 Å². The number of amides is 1. The third-order valence-corrected chi connectivity index (χ3v) is 4.22. The van der Waals surface area contributed by atoms with Crippen LogP contribution in [0.5, 0.6) is 5.75 Å². The second kappa shape index (κ2) is 7.83. The van der Waals surface area contributed by atoms with E-state index in [0.29, 0.717) is 21.6 Å². The molecule has 0 radical (unpaired) electrons. The number of nitrogens with zero attached hydrogens (tertiary/aromatic N) is 2. The van der Waals surface area contributed by atoms with E-state index in [1.54, 1.807) is 30.3 Å². The summed E-state index contributed by atoms with van der Waals surface area (Å²) in [5, 5.41) is 24.2. The summed E-state index contributed by atoms with van der Waals surface area (Å²) in [6, 6.07) is 13.8. The van der Waals surface area contributed by atoms with Crippen molar-refractivity contribution in [2.45, 2.75) is 0 Å². The Hall–Kier alpha value is -3.46. The first-order valence-electron chi connectivity index (χ1n) is 7.61. The van der Waals surface area contributed by atoms with Gasteiger partial charge in [0.25, 0.3) is 11.6 Å². The third-order valence-electron chi connectivity index (χ3n) is 3.56. The molecule has 2 N–H and O–H groups in total. The van der Waals surface area contributed by atoms with Crippen molar-refractivity contribution < 1.29 is 19.2 Å². The van der Waals surface area contributed by atoms with Crippen molar-refractivity contribution in [1.29, 1.82) is 0 Å². The lowest BCUT2D eigenvalue weighted by molar-refractivity contribution is -0.384. The molecule has 136 valence electrons. The predicted octanol–water partition coefficient (Wildman–Crippen LogP) is 4.09. The number of phenols is 1. The van der Waals surface area contributed by atoms with Crippen LogP contribution in [0.2, 0.25) is 0 Å². The van der Waals surface area contributed by atoms with E-state index in [-0.39, 0.29) is 17.0 Å². The van der Waals surface area contributed by atoms with Gasteiger partial charge in [0.15, 0.2) is 0 Å². The molecule has 27 heavy (non-hydrogen) atoms. The van der Waals surface area contributed by atoms with Crippen LogP contribution >= 0.6 is 15.9 Å². The number of furan rings is 1. The van der Waals surface area contributed by atoms with Crippen LogP contribution in [-0.2, 0) is 0 Å². The number of aromatic hydroxyl groups is 1. The Balaban J connectivity index is 1.71. The SMILES string of the molecule is O=C(N/N=C\c1ccc(-c2ccc([N+](=O)[O-])cc2Br)o1)c1ccccc1O. The number of carbonyl (C=O) groups is 1. The molecule has 0 saturated heterocycles. The Morgan fingerprint density at radius 2 is 2.00 bits per heavy atom. The maximum atomic E-state index is 11.9. The number of hydrogen-bond donors (Lipinski definition) is 2. The van der Waals surface area contributed by atoms with Gasteiger partial charge in [-0.05, 0) is 46.3 Å². The van der Waals surface area contributed by atoms with Gasteiger partial charge in [-0.3, -0.25) is 14.9 Å². The Bertz CT molecular complexity index is 1040. The molecule has 0 aliphatic rings. The number of nitrogens with one attached hydrogen (secondary N) is 1. The van der Waals surface area contributed by atoms with Crippen LogP contribution in [0.1, 0.15) is 16.1 Å². The highest BCUT2D eigenvalue weighted by atomic mass is 79.9. The molecule has 8 nitrogen and oxygen atoms in total. The lowest BCUT2D eigenvalue weighted by Gasteiger charge is -2.01. The van der Waals surface area contributed by atoms with Crippen LogP contribution < -0.4 is 5.43 Å². The fourth-order valence-corrected chi connectivity index (χ4v) is 2.83. The summed E-state index contributed by atoms with van der Waals surface area (Å²) in [5.41, 5.74) is 3.00. The van der Waals surface area contributed by atoms with Crippen molar-refractivity contribution in [1.82, 2.24) is 5.43 Å². The Labute approximate surface area is 161 Å². The molecular weight excluding hydrogens is 418 g/mol. The highest BCUT2D eigenvalue weighted by Gasteiger charge is 2.13. The molecule has 3 aromatic rings. The lowest BCUT2D eigenvalue weighted by Crippen LogP contribution is -2.17. The van der Waals surface area contributed by atoms with Crippen molar-refractivity contribution in [3.63, 3.8) is 0 Å². The molecule has 0 fully saturated rings. The van der Waals surface area contributed by atoms with Gasteiger partial charge in [-0.25, -0.2) is 5.43 Å². The van der Waals surface area contributed by atoms with Crippen molar-refractivity contribution in [2.24, 2.45) is 5.10 Å². The quantitative estimate of drug-likeness (QED) is 0.359. The van der Waals surface area contributed by atoms with E-state index in [1.165, 1.54) is 30.5 Å². The third kappa shape index (κ3) is 4.21. The van der Waals surface area contributed by atoms with Crippen molar-refractivity contribution in [3.8, 4) is 17.1 Å². The minimum Gasteiger partial charge on any atom is -0.507 e. The number of nitro benzene ring substituents is 1. The van der Waals surface area contributed by atoms with E-state index in [9.17, 15) is 20.0 Å². The molecule has 0 aliphatic heterocycles. The summed E-state index contributed by atoms with van der Waals surface area (Å²) in [5.74, 6) is 0.140. The minimum atomic E-state index is -0.561. The highest BCUT2D eigenvalue weighted by Crippen LogP contribution is 2.32. The van der Waals surface area contributed by atoms with Gasteiger partial charge in [0.1, 0.15) is 17.3 Å². The van der Waals surface area contributed by atoms with E-state index >= 15 is 0 Å². The molecule has 0 aliphatic carbocycles. The maximum Gasteiger partial charge on any atom is 0.275 e. The number of nitro groups is 1. The molecular formula is C18H12BrN3O5. The molecule has 1 aromatic heterocycles. The lowest BCUT2D eigenvalue weighted by atomic mass is 10.1. The first kappa shape index (κ1) is 18.3. The normalized spacial score (nSPS) is 10.9. The molecule has 9 heteroatoms. The standard InChI is InChI=1S/C18H12BrN3O5/c19-15-9-11(22(25)26)5-7-13(15)17-8-6-12(27-17)10-20-21-18(24)14-3-1-2-4-16(14)23/h1-10,23H,(H,21,24)/b20-10-. The second-order valence-corrected chi connectivity index (χ2v) is 6.19. The summed E-state index contributed by atoms with van der Waals surface area (Å²) in [4.78, 5) is 22.2. The molecule has 0 saturated carbocycles. The Kier molecular flexibility index (Phi) is 5.32. The Morgan fingerprint density at radius 3 is 2.70 bits per heavy atom. The number of halogens is 1. The topological polar surface area (TPSA) is 118 Å². The van der Waals surface area contributed by atoms with E-state index < -0.39 is 10.8 Å². The Morgan fingerprint density at radius 1 is 1.22 bits per heavy atom. The summed E-state index contributed by atoms with van der Waals surface area (Å²) < 4.78 is 6.13. The smallest absolute Gasteiger partial charge is 0.275 e. The first-order valence-corrected chi connectivity index (χ1v) is 8.40. The number of non-ortho nitro benzene ring substituents is 1. The molecule has 0 bridgehead atoms. The van der Waals surface area contributed by atoms with E-state index in [2.05, 4.69) is 26.5 Å². The predicted molar refractivity (Wildman–Crippen MR) is 102 cm³/mol. The molecule has 0 atom stereocenters. The molecule has 1 heterocycles. The summed E-state index contributed by atoms with van der Waals surface area (Å²) in [6.45, 7) is 0. The monoisotopic (exact) mass is 429 g/mol. The first-order chi connectivity index (χ1) is 13.0. The van der Waals surface area contributed by atoms with Gasteiger partial charge in [-0.1, -0.05) is 12.1 Å². The number of carbonyl (C=O) groups excluding carboxylic acids is 1. The van der Waals surface area contributed by atoms with Crippen LogP contribution in [0.4, 0.5) is 5.69 Å². The number of hydrazone groups is 1. The van der Waals surface area contributed by atoms with Gasteiger partial charge in [-0.2, -0.15) is 5.10 Å². The molecule has 2 aromatic carbocycles. The number of rotatable bonds is 5. The van der Waals surface area contributed by atoms with Crippen LogP contribution in [0, 0.1) is 10.1 Å². The zero-order valence-corrected chi connectivity index (χ0v) is 15.2. The van der Waals surface area contributed by atoms with Crippen LogP contribution in [0.25, 0.3) is 11.3 Å². The van der Waals surface area contributed by atoms with Gasteiger partial charge < -0.3 is 9.52 Å². The maximum absolute atomic E-state index is 11.9. The van der Waals surface area contributed by atoms with Gasteiger partial charge >= 0.3 is 0 Å². The summed E-state index contributed by atoms with van der Waals surface area (Å²) in [6.07, 6.45) is 1.31. The minimum absolute atomic E-state index is 0.0363. The average molecular weight is 430 g/mol. The zero-order chi connectivity index (χ0) is 19.4. The van der Waals surface area contributed by atoms with Gasteiger partial charge in [0.2, 0.25) is 0 Å². The number of para-hydroxylation sites is 1. The number of benzene rings is 2.